The van der Waals surface area contributed by atoms with E-state index < -0.39 is 0 Å². The molecule has 0 saturated carbocycles. The van der Waals surface area contributed by atoms with E-state index in [1.54, 1.807) is 16.4 Å². The highest BCUT2D eigenvalue weighted by atomic mass is 32.2. The molecule has 0 aliphatic heterocycles. The predicted molar refractivity (Wildman–Crippen MR) is 83.0 cm³/mol. The topological polar surface area (TPSA) is 72.9 Å². The van der Waals surface area contributed by atoms with Crippen molar-refractivity contribution in [3.05, 3.63) is 35.7 Å². The van der Waals surface area contributed by atoms with Gasteiger partial charge in [0.25, 0.3) is 0 Å². The first-order chi connectivity index (χ1) is 9.51. The minimum absolute atomic E-state index is 0.118. The number of nitrogens with zero attached hydrogens (tertiary/aromatic N) is 2. The van der Waals surface area contributed by atoms with Crippen molar-refractivity contribution in [3.63, 3.8) is 0 Å². The highest BCUT2D eigenvalue weighted by Crippen LogP contribution is 2.18. The van der Waals surface area contributed by atoms with E-state index in [-0.39, 0.29) is 12.5 Å². The SMILES string of the molecule is CSc1ccc(NC(=O)Cn2nc(C)c(N)c2C)cc1. The highest BCUT2D eigenvalue weighted by Gasteiger charge is 2.11. The minimum atomic E-state index is -0.118. The number of anilines is 2. The first-order valence-corrected chi connectivity index (χ1v) is 7.47. The number of nitrogens with two attached hydrogens (primary N) is 1. The molecular formula is C14H18N4OS. The third kappa shape index (κ3) is 3.14. The molecule has 0 atom stereocenters. The Morgan fingerprint density at radius 2 is 2.00 bits per heavy atom. The van der Waals surface area contributed by atoms with Crippen molar-refractivity contribution in [3.8, 4) is 0 Å². The maximum atomic E-state index is 12.0. The van der Waals surface area contributed by atoms with Gasteiger partial charge in [0.05, 0.1) is 17.1 Å². The quantitative estimate of drug-likeness (QED) is 0.848. The van der Waals surface area contributed by atoms with Crippen molar-refractivity contribution in [2.45, 2.75) is 25.3 Å². The lowest BCUT2D eigenvalue weighted by Gasteiger charge is -2.07. The molecule has 0 aliphatic carbocycles. The molecule has 0 aliphatic rings. The van der Waals surface area contributed by atoms with Gasteiger partial charge in [-0.05, 0) is 44.4 Å². The predicted octanol–water partition coefficient (Wildman–Crippen LogP) is 2.44. The second-order valence-corrected chi connectivity index (χ2v) is 5.40. The number of benzene rings is 1. The zero-order valence-electron chi connectivity index (χ0n) is 11.8. The van der Waals surface area contributed by atoms with Gasteiger partial charge < -0.3 is 11.1 Å². The fourth-order valence-corrected chi connectivity index (χ4v) is 2.28. The van der Waals surface area contributed by atoms with Crippen LogP contribution in [0.25, 0.3) is 0 Å². The maximum absolute atomic E-state index is 12.0. The third-order valence-electron chi connectivity index (χ3n) is 3.10. The lowest BCUT2D eigenvalue weighted by molar-refractivity contribution is -0.116. The maximum Gasteiger partial charge on any atom is 0.246 e. The van der Waals surface area contributed by atoms with Crippen LogP contribution in [0, 0.1) is 13.8 Å². The molecular weight excluding hydrogens is 272 g/mol. The lowest BCUT2D eigenvalue weighted by Crippen LogP contribution is -2.20. The van der Waals surface area contributed by atoms with E-state index in [1.807, 2.05) is 44.4 Å². The molecule has 0 saturated heterocycles. The Hall–Kier alpha value is -1.95. The molecule has 5 nitrogen and oxygen atoms in total. The number of nitrogens with one attached hydrogen (secondary N) is 1. The summed E-state index contributed by atoms with van der Waals surface area (Å²) in [5.41, 5.74) is 8.83. The van der Waals surface area contributed by atoms with Crippen molar-refractivity contribution in [1.82, 2.24) is 9.78 Å². The van der Waals surface area contributed by atoms with Gasteiger partial charge >= 0.3 is 0 Å². The van der Waals surface area contributed by atoms with E-state index in [4.69, 9.17) is 5.73 Å². The molecule has 0 unspecified atom stereocenters. The second-order valence-electron chi connectivity index (χ2n) is 4.52. The summed E-state index contributed by atoms with van der Waals surface area (Å²) in [5.74, 6) is -0.118. The van der Waals surface area contributed by atoms with E-state index >= 15 is 0 Å². The van der Waals surface area contributed by atoms with E-state index in [0.29, 0.717) is 5.69 Å². The van der Waals surface area contributed by atoms with Crippen LogP contribution >= 0.6 is 11.8 Å². The normalized spacial score (nSPS) is 10.6. The Balaban J connectivity index is 2.03. The summed E-state index contributed by atoms with van der Waals surface area (Å²) < 4.78 is 1.62. The van der Waals surface area contributed by atoms with E-state index in [0.717, 1.165) is 22.0 Å². The van der Waals surface area contributed by atoms with Crippen molar-refractivity contribution >= 4 is 29.0 Å². The number of hydrogen-bond donors (Lipinski definition) is 2. The molecule has 1 aromatic carbocycles. The van der Waals surface area contributed by atoms with E-state index in [2.05, 4.69) is 10.4 Å². The molecule has 0 radical (unpaired) electrons. The van der Waals surface area contributed by atoms with Gasteiger partial charge in [0.2, 0.25) is 5.91 Å². The zero-order chi connectivity index (χ0) is 14.7. The van der Waals surface area contributed by atoms with Crippen LogP contribution in [0.3, 0.4) is 0 Å². The highest BCUT2D eigenvalue weighted by molar-refractivity contribution is 7.98. The zero-order valence-corrected chi connectivity index (χ0v) is 12.6. The minimum Gasteiger partial charge on any atom is -0.396 e. The summed E-state index contributed by atoms with van der Waals surface area (Å²) >= 11 is 1.66. The number of thioether (sulfide) groups is 1. The first kappa shape index (κ1) is 14.5. The fraction of sp³-hybridized carbons (Fsp3) is 0.286. The molecule has 2 rings (SSSR count). The van der Waals surface area contributed by atoms with E-state index in [1.165, 1.54) is 0 Å². The van der Waals surface area contributed by atoms with Gasteiger partial charge in [0.15, 0.2) is 0 Å². The molecule has 0 bridgehead atoms. The summed E-state index contributed by atoms with van der Waals surface area (Å²) in [6, 6.07) is 7.72. The second kappa shape index (κ2) is 6.00. The standard InChI is InChI=1S/C14H18N4OS/c1-9-14(15)10(2)18(17-9)8-13(19)16-11-4-6-12(20-3)7-5-11/h4-7H,8,15H2,1-3H3,(H,16,19). The number of aromatic nitrogens is 2. The van der Waals surface area contributed by atoms with Gasteiger partial charge in [-0.3, -0.25) is 9.48 Å². The number of rotatable bonds is 4. The molecule has 6 heteroatoms. The van der Waals surface area contributed by atoms with Crippen molar-refractivity contribution < 1.29 is 4.79 Å². The Labute approximate surface area is 122 Å². The van der Waals surface area contributed by atoms with Crippen LogP contribution in [0.2, 0.25) is 0 Å². The van der Waals surface area contributed by atoms with Crippen molar-refractivity contribution in [1.29, 1.82) is 0 Å². The van der Waals surface area contributed by atoms with Crippen LogP contribution < -0.4 is 11.1 Å². The average molecular weight is 290 g/mol. The number of hydrogen-bond acceptors (Lipinski definition) is 4. The van der Waals surface area contributed by atoms with Crippen LogP contribution in [0.5, 0.6) is 0 Å². The average Bonchev–Trinajstić information content (AvgIpc) is 2.67. The summed E-state index contributed by atoms with van der Waals surface area (Å²) in [6.07, 6.45) is 2.01. The van der Waals surface area contributed by atoms with Gasteiger partial charge in [0, 0.05) is 10.6 Å². The third-order valence-corrected chi connectivity index (χ3v) is 3.85. The molecule has 1 heterocycles. The molecule has 106 valence electrons. The summed E-state index contributed by atoms with van der Waals surface area (Å²) in [4.78, 5) is 13.2. The molecule has 2 aromatic rings. The van der Waals surface area contributed by atoms with E-state index in [9.17, 15) is 4.79 Å². The first-order valence-electron chi connectivity index (χ1n) is 6.24. The molecule has 3 N–H and O–H groups in total. The largest absolute Gasteiger partial charge is 0.396 e. The summed E-state index contributed by atoms with van der Waals surface area (Å²) in [6.45, 7) is 3.85. The Morgan fingerprint density at radius 3 is 2.50 bits per heavy atom. The van der Waals surface area contributed by atoms with Gasteiger partial charge in [-0.2, -0.15) is 5.10 Å². The molecule has 0 fully saturated rings. The molecule has 1 aromatic heterocycles. The summed E-state index contributed by atoms with van der Waals surface area (Å²) in [7, 11) is 0. The molecule has 20 heavy (non-hydrogen) atoms. The van der Waals surface area contributed by atoms with Crippen LogP contribution in [0.1, 0.15) is 11.4 Å². The Morgan fingerprint density at radius 1 is 1.35 bits per heavy atom. The number of carbonyl (C=O) groups excluding carboxylic acids is 1. The summed E-state index contributed by atoms with van der Waals surface area (Å²) in [5, 5.41) is 7.09. The number of aryl methyl sites for hydroxylation is 1. The number of nitrogen functional groups attached to an aromatic ring is 1. The van der Waals surface area contributed by atoms with Crippen LogP contribution in [0.15, 0.2) is 29.2 Å². The van der Waals surface area contributed by atoms with Gasteiger partial charge in [-0.15, -0.1) is 11.8 Å². The Bertz CT molecular complexity index is 619. The number of amides is 1. The molecule has 1 amide bonds. The van der Waals surface area contributed by atoms with Gasteiger partial charge in [-0.1, -0.05) is 0 Å². The smallest absolute Gasteiger partial charge is 0.246 e. The van der Waals surface area contributed by atoms with Gasteiger partial charge in [0.1, 0.15) is 6.54 Å². The Kier molecular flexibility index (Phi) is 4.34. The van der Waals surface area contributed by atoms with Crippen molar-refractivity contribution in [2.75, 3.05) is 17.3 Å². The van der Waals surface area contributed by atoms with Crippen molar-refractivity contribution in [2.24, 2.45) is 0 Å². The van der Waals surface area contributed by atoms with Gasteiger partial charge in [-0.25, -0.2) is 0 Å². The fourth-order valence-electron chi connectivity index (χ4n) is 1.88. The lowest BCUT2D eigenvalue weighted by atomic mass is 10.3. The van der Waals surface area contributed by atoms with Crippen LogP contribution in [-0.2, 0) is 11.3 Å². The van der Waals surface area contributed by atoms with Crippen LogP contribution in [-0.4, -0.2) is 21.9 Å². The van der Waals surface area contributed by atoms with Crippen LogP contribution in [0.4, 0.5) is 11.4 Å². The monoisotopic (exact) mass is 290 g/mol. The number of carbonyl (C=O) groups is 1. The molecule has 0 spiro atoms.